The lowest BCUT2D eigenvalue weighted by Gasteiger charge is -2.08. The number of carboxylic acids is 1. The molecule has 104 valence electrons. The molecule has 0 saturated heterocycles. The van der Waals surface area contributed by atoms with Gasteiger partial charge in [0.1, 0.15) is 0 Å². The van der Waals surface area contributed by atoms with Gasteiger partial charge in [-0.25, -0.2) is 13.9 Å². The van der Waals surface area contributed by atoms with E-state index in [1.807, 2.05) is 0 Å². The third kappa shape index (κ3) is 1.84. The van der Waals surface area contributed by atoms with E-state index in [0.717, 1.165) is 30.5 Å². The first-order valence-corrected chi connectivity index (χ1v) is 6.30. The molecule has 3 rings (SSSR count). The van der Waals surface area contributed by atoms with Crippen molar-refractivity contribution < 1.29 is 19.0 Å². The van der Waals surface area contributed by atoms with Gasteiger partial charge in [-0.2, -0.15) is 5.10 Å². The molecule has 0 spiro atoms. The van der Waals surface area contributed by atoms with Crippen LogP contribution in [0.25, 0.3) is 5.69 Å². The molecule has 20 heavy (non-hydrogen) atoms. The van der Waals surface area contributed by atoms with Crippen LogP contribution in [0.3, 0.4) is 0 Å². The molecule has 0 fully saturated rings. The van der Waals surface area contributed by atoms with Crippen molar-refractivity contribution in [2.75, 3.05) is 7.11 Å². The zero-order chi connectivity index (χ0) is 14.3. The molecule has 2 aromatic rings. The average Bonchev–Trinajstić information content (AvgIpc) is 3.00. The summed E-state index contributed by atoms with van der Waals surface area (Å²) in [5.41, 5.74) is 2.35. The van der Waals surface area contributed by atoms with E-state index in [0.29, 0.717) is 5.69 Å². The highest BCUT2D eigenvalue weighted by Crippen LogP contribution is 2.29. The van der Waals surface area contributed by atoms with Crippen LogP contribution in [0.2, 0.25) is 0 Å². The highest BCUT2D eigenvalue weighted by Gasteiger charge is 2.26. The topological polar surface area (TPSA) is 64.4 Å². The molecule has 0 bridgehead atoms. The van der Waals surface area contributed by atoms with Gasteiger partial charge in [0, 0.05) is 17.3 Å². The zero-order valence-corrected chi connectivity index (χ0v) is 10.9. The molecule has 0 unspecified atom stereocenters. The maximum absolute atomic E-state index is 13.4. The van der Waals surface area contributed by atoms with E-state index < -0.39 is 11.8 Å². The van der Waals surface area contributed by atoms with Crippen molar-refractivity contribution in [2.24, 2.45) is 0 Å². The summed E-state index contributed by atoms with van der Waals surface area (Å²) < 4.78 is 20.0. The van der Waals surface area contributed by atoms with Gasteiger partial charge in [-0.3, -0.25) is 0 Å². The number of hydrogen-bond donors (Lipinski definition) is 1. The summed E-state index contributed by atoms with van der Waals surface area (Å²) in [5, 5.41) is 13.3. The number of fused-ring (bicyclic) bond motifs is 1. The number of methoxy groups -OCH3 is 1. The first kappa shape index (κ1) is 12.7. The van der Waals surface area contributed by atoms with Gasteiger partial charge in [0.15, 0.2) is 17.3 Å². The fraction of sp³-hybridized carbons (Fsp3) is 0.286. The van der Waals surface area contributed by atoms with E-state index in [2.05, 4.69) is 5.10 Å². The third-order valence-corrected chi connectivity index (χ3v) is 3.51. The van der Waals surface area contributed by atoms with Crippen LogP contribution in [-0.4, -0.2) is 28.0 Å². The predicted octanol–water partition coefficient (Wildman–Crippen LogP) is 2.21. The van der Waals surface area contributed by atoms with Crippen molar-refractivity contribution in [1.29, 1.82) is 0 Å². The van der Waals surface area contributed by atoms with Crippen molar-refractivity contribution in [2.45, 2.75) is 19.3 Å². The van der Waals surface area contributed by atoms with Crippen LogP contribution < -0.4 is 4.74 Å². The summed E-state index contributed by atoms with van der Waals surface area (Å²) in [5.74, 6) is -1.38. The molecule has 1 aliphatic rings. The average molecular weight is 276 g/mol. The van der Waals surface area contributed by atoms with Crippen LogP contribution in [0.4, 0.5) is 4.39 Å². The lowest BCUT2D eigenvalue weighted by Crippen LogP contribution is -2.05. The Labute approximate surface area is 114 Å². The van der Waals surface area contributed by atoms with Gasteiger partial charge in [0.05, 0.1) is 12.8 Å². The number of halogens is 1. The Morgan fingerprint density at radius 1 is 1.45 bits per heavy atom. The molecule has 1 aromatic heterocycles. The van der Waals surface area contributed by atoms with Crippen LogP contribution in [0, 0.1) is 5.82 Å². The highest BCUT2D eigenvalue weighted by atomic mass is 19.1. The van der Waals surface area contributed by atoms with E-state index in [9.17, 15) is 14.3 Å². The predicted molar refractivity (Wildman–Crippen MR) is 69.1 cm³/mol. The summed E-state index contributed by atoms with van der Waals surface area (Å²) >= 11 is 0. The summed E-state index contributed by atoms with van der Waals surface area (Å²) in [6.45, 7) is 0. The van der Waals surface area contributed by atoms with E-state index >= 15 is 0 Å². The first-order valence-electron chi connectivity index (χ1n) is 6.30. The minimum Gasteiger partial charge on any atom is -0.494 e. The van der Waals surface area contributed by atoms with Crippen LogP contribution in [0.1, 0.15) is 28.2 Å². The van der Waals surface area contributed by atoms with Gasteiger partial charge in [0.25, 0.3) is 0 Å². The Hall–Kier alpha value is -2.37. The number of rotatable bonds is 3. The Morgan fingerprint density at radius 3 is 2.95 bits per heavy atom. The maximum atomic E-state index is 13.4. The standard InChI is InChI=1S/C14H13FN2O3/c1-20-12-7-8(5-6-10(12)15)17-11-4-2-3-9(11)13(16-17)14(18)19/h5-7H,2-4H2,1H3,(H,18,19). The van der Waals surface area contributed by atoms with E-state index in [-0.39, 0.29) is 11.4 Å². The number of aromatic nitrogens is 2. The van der Waals surface area contributed by atoms with Crippen molar-refractivity contribution in [3.63, 3.8) is 0 Å². The largest absolute Gasteiger partial charge is 0.494 e. The molecule has 1 N–H and O–H groups in total. The van der Waals surface area contributed by atoms with Gasteiger partial charge < -0.3 is 9.84 Å². The highest BCUT2D eigenvalue weighted by molar-refractivity contribution is 5.87. The molecule has 1 aliphatic carbocycles. The summed E-state index contributed by atoms with van der Waals surface area (Å²) in [6, 6.07) is 4.37. The number of nitrogens with zero attached hydrogens (tertiary/aromatic N) is 2. The fourth-order valence-corrected chi connectivity index (χ4v) is 2.60. The fourth-order valence-electron chi connectivity index (χ4n) is 2.60. The SMILES string of the molecule is COc1cc(-n2nc(C(=O)O)c3c2CCC3)ccc1F. The quantitative estimate of drug-likeness (QED) is 0.933. The second-order valence-electron chi connectivity index (χ2n) is 4.66. The third-order valence-electron chi connectivity index (χ3n) is 3.51. The minimum atomic E-state index is -1.03. The lowest BCUT2D eigenvalue weighted by atomic mass is 10.2. The molecule has 0 radical (unpaired) electrons. The Balaban J connectivity index is 2.16. The Morgan fingerprint density at radius 2 is 2.25 bits per heavy atom. The smallest absolute Gasteiger partial charge is 0.356 e. The summed E-state index contributed by atoms with van der Waals surface area (Å²) in [4.78, 5) is 11.2. The number of aromatic carboxylic acids is 1. The molecule has 1 aromatic carbocycles. The minimum absolute atomic E-state index is 0.0841. The second kappa shape index (κ2) is 4.63. The zero-order valence-electron chi connectivity index (χ0n) is 10.9. The molecule has 0 amide bonds. The van der Waals surface area contributed by atoms with Crippen LogP contribution in [-0.2, 0) is 12.8 Å². The monoisotopic (exact) mass is 276 g/mol. The van der Waals surface area contributed by atoms with Gasteiger partial charge in [-0.15, -0.1) is 0 Å². The van der Waals surface area contributed by atoms with Crippen molar-refractivity contribution >= 4 is 5.97 Å². The molecule has 5 nitrogen and oxygen atoms in total. The molecular formula is C14H13FN2O3. The van der Waals surface area contributed by atoms with Gasteiger partial charge in [-0.1, -0.05) is 0 Å². The lowest BCUT2D eigenvalue weighted by molar-refractivity contribution is 0.0689. The van der Waals surface area contributed by atoms with Crippen LogP contribution >= 0.6 is 0 Å². The summed E-state index contributed by atoms with van der Waals surface area (Å²) in [7, 11) is 1.39. The van der Waals surface area contributed by atoms with Crippen LogP contribution in [0.15, 0.2) is 18.2 Å². The normalized spacial score (nSPS) is 13.3. The van der Waals surface area contributed by atoms with Crippen molar-refractivity contribution in [3.8, 4) is 11.4 Å². The maximum Gasteiger partial charge on any atom is 0.356 e. The van der Waals surface area contributed by atoms with Crippen molar-refractivity contribution in [3.05, 3.63) is 41.0 Å². The van der Waals surface area contributed by atoms with E-state index in [4.69, 9.17) is 4.74 Å². The Kier molecular flexibility index (Phi) is 2.93. The molecular weight excluding hydrogens is 263 g/mol. The van der Waals surface area contributed by atoms with Crippen LogP contribution in [0.5, 0.6) is 5.75 Å². The molecule has 1 heterocycles. The summed E-state index contributed by atoms with van der Waals surface area (Å²) in [6.07, 6.45) is 2.40. The first-order chi connectivity index (χ1) is 9.61. The number of hydrogen-bond acceptors (Lipinski definition) is 3. The molecule has 0 atom stereocenters. The van der Waals surface area contributed by atoms with E-state index in [1.165, 1.54) is 19.2 Å². The van der Waals surface area contributed by atoms with Gasteiger partial charge >= 0.3 is 5.97 Å². The number of carboxylic acid groups (broad SMARTS) is 1. The van der Waals surface area contributed by atoms with Gasteiger partial charge in [0.2, 0.25) is 0 Å². The van der Waals surface area contributed by atoms with Crippen molar-refractivity contribution in [1.82, 2.24) is 9.78 Å². The van der Waals surface area contributed by atoms with E-state index in [1.54, 1.807) is 10.7 Å². The van der Waals surface area contributed by atoms with Gasteiger partial charge in [-0.05, 0) is 31.4 Å². The number of carbonyl (C=O) groups is 1. The Bertz CT molecular complexity index is 694. The number of ether oxygens (including phenoxy) is 1. The number of benzene rings is 1. The second-order valence-corrected chi connectivity index (χ2v) is 4.66. The molecule has 0 saturated carbocycles. The molecule has 0 aliphatic heterocycles. The molecule has 6 heteroatoms.